The van der Waals surface area contributed by atoms with Crippen molar-refractivity contribution >= 4 is 5.69 Å². The number of nitrogens with zero attached hydrogens (tertiary/aromatic N) is 1. The highest BCUT2D eigenvalue weighted by atomic mass is 16.5. The van der Waals surface area contributed by atoms with Crippen LogP contribution in [0.25, 0.3) is 0 Å². The number of benzene rings is 1. The van der Waals surface area contributed by atoms with Crippen LogP contribution in [0.3, 0.4) is 0 Å². The maximum atomic E-state index is 5.31. The summed E-state index contributed by atoms with van der Waals surface area (Å²) in [5, 5.41) is 3.35. The average Bonchev–Trinajstić information content (AvgIpc) is 2.47. The molecule has 0 saturated heterocycles. The largest absolute Gasteiger partial charge is 0.478 e. The number of anilines is 1. The first-order valence-corrected chi connectivity index (χ1v) is 6.72. The maximum absolute atomic E-state index is 5.31. The highest BCUT2D eigenvalue weighted by Gasteiger charge is 1.97. The van der Waals surface area contributed by atoms with Crippen molar-refractivity contribution in [1.82, 2.24) is 4.98 Å². The minimum Gasteiger partial charge on any atom is -0.478 e. The molecule has 0 spiro atoms. The van der Waals surface area contributed by atoms with Gasteiger partial charge in [-0.25, -0.2) is 4.98 Å². The summed E-state index contributed by atoms with van der Waals surface area (Å²) in [6.45, 7) is 5.57. The van der Waals surface area contributed by atoms with E-state index in [-0.39, 0.29) is 0 Å². The van der Waals surface area contributed by atoms with E-state index in [9.17, 15) is 0 Å². The summed E-state index contributed by atoms with van der Waals surface area (Å²) in [4.78, 5) is 4.22. The minimum absolute atomic E-state index is 0.642. The van der Waals surface area contributed by atoms with Crippen LogP contribution in [0.15, 0.2) is 42.6 Å². The molecule has 3 heteroatoms. The Morgan fingerprint density at radius 2 is 1.74 bits per heavy atom. The van der Waals surface area contributed by atoms with E-state index in [1.54, 1.807) is 6.20 Å². The number of nitrogens with one attached hydrogen (secondary N) is 1. The Labute approximate surface area is 114 Å². The van der Waals surface area contributed by atoms with Gasteiger partial charge < -0.3 is 10.1 Å². The van der Waals surface area contributed by atoms with Crippen molar-refractivity contribution in [3.05, 3.63) is 53.7 Å². The summed E-state index contributed by atoms with van der Waals surface area (Å²) in [5.41, 5.74) is 3.64. The molecule has 19 heavy (non-hydrogen) atoms. The Morgan fingerprint density at radius 1 is 1.00 bits per heavy atom. The Bertz CT molecular complexity index is 491. The molecule has 0 atom stereocenters. The number of hydrogen-bond donors (Lipinski definition) is 1. The Kier molecular flexibility index (Phi) is 4.78. The molecule has 0 bridgehead atoms. The predicted molar refractivity (Wildman–Crippen MR) is 78.6 cm³/mol. The zero-order valence-electron chi connectivity index (χ0n) is 11.5. The van der Waals surface area contributed by atoms with Crippen LogP contribution in [0.4, 0.5) is 5.69 Å². The number of aromatic nitrogens is 1. The molecule has 0 unspecified atom stereocenters. The smallest absolute Gasteiger partial charge is 0.213 e. The third kappa shape index (κ3) is 3.98. The number of ether oxygens (including phenoxy) is 1. The second-order valence-electron chi connectivity index (χ2n) is 4.34. The molecule has 0 radical (unpaired) electrons. The predicted octanol–water partition coefficient (Wildman–Crippen LogP) is 3.65. The monoisotopic (exact) mass is 256 g/mol. The summed E-state index contributed by atoms with van der Waals surface area (Å²) in [7, 11) is 0. The fraction of sp³-hybridized carbons (Fsp3) is 0.312. The van der Waals surface area contributed by atoms with E-state index < -0.39 is 0 Å². The number of pyridine rings is 1. The number of aryl methyl sites for hydroxylation is 1. The van der Waals surface area contributed by atoms with Crippen LogP contribution in [0.2, 0.25) is 0 Å². The molecule has 0 aliphatic carbocycles. The summed E-state index contributed by atoms with van der Waals surface area (Å²) in [6.07, 6.45) is 2.88. The normalized spacial score (nSPS) is 10.2. The number of hydrogen-bond acceptors (Lipinski definition) is 3. The Hall–Kier alpha value is -2.03. The molecule has 0 aliphatic rings. The molecule has 2 rings (SSSR count). The van der Waals surface area contributed by atoms with Gasteiger partial charge in [0.15, 0.2) is 0 Å². The van der Waals surface area contributed by atoms with Crippen LogP contribution in [-0.2, 0) is 13.0 Å². The van der Waals surface area contributed by atoms with Crippen molar-refractivity contribution in [1.29, 1.82) is 0 Å². The third-order valence-electron chi connectivity index (χ3n) is 2.96. The van der Waals surface area contributed by atoms with Crippen LogP contribution in [0, 0.1) is 0 Å². The standard InChI is InChI=1S/C16H20N2O/c1-3-13-5-7-14(8-6-13)11-17-15-9-10-16(18-12-15)19-4-2/h5-10,12,17H,3-4,11H2,1-2H3. The second-order valence-corrected chi connectivity index (χ2v) is 4.34. The van der Waals surface area contributed by atoms with Crippen molar-refractivity contribution in [3.8, 4) is 5.88 Å². The molecule has 3 nitrogen and oxygen atoms in total. The van der Waals surface area contributed by atoms with Gasteiger partial charge in [0.2, 0.25) is 5.88 Å². The summed E-state index contributed by atoms with van der Waals surface area (Å²) >= 11 is 0. The molecule has 2 aromatic rings. The van der Waals surface area contributed by atoms with Crippen LogP contribution in [-0.4, -0.2) is 11.6 Å². The maximum Gasteiger partial charge on any atom is 0.213 e. The molecule has 1 N–H and O–H groups in total. The van der Waals surface area contributed by atoms with Crippen molar-refractivity contribution in [2.75, 3.05) is 11.9 Å². The third-order valence-corrected chi connectivity index (χ3v) is 2.96. The van der Waals surface area contributed by atoms with Gasteiger partial charge in [-0.1, -0.05) is 31.2 Å². The van der Waals surface area contributed by atoms with Crippen molar-refractivity contribution < 1.29 is 4.74 Å². The molecule has 100 valence electrons. The zero-order valence-corrected chi connectivity index (χ0v) is 11.5. The Balaban J connectivity index is 1.90. The van der Waals surface area contributed by atoms with Crippen molar-refractivity contribution in [2.24, 2.45) is 0 Å². The highest BCUT2D eigenvalue weighted by Crippen LogP contribution is 2.13. The minimum atomic E-state index is 0.642. The van der Waals surface area contributed by atoms with Gasteiger partial charge in [0.05, 0.1) is 18.5 Å². The van der Waals surface area contributed by atoms with Gasteiger partial charge in [0, 0.05) is 12.6 Å². The van der Waals surface area contributed by atoms with Crippen molar-refractivity contribution in [2.45, 2.75) is 26.8 Å². The first-order valence-electron chi connectivity index (χ1n) is 6.72. The molecule has 1 heterocycles. The molecule has 0 fully saturated rings. The van der Waals surface area contributed by atoms with E-state index in [4.69, 9.17) is 4.74 Å². The van der Waals surface area contributed by atoms with E-state index >= 15 is 0 Å². The van der Waals surface area contributed by atoms with E-state index in [0.29, 0.717) is 12.5 Å². The van der Waals surface area contributed by atoms with Crippen LogP contribution < -0.4 is 10.1 Å². The summed E-state index contributed by atoms with van der Waals surface area (Å²) in [5.74, 6) is 0.667. The van der Waals surface area contributed by atoms with E-state index in [1.165, 1.54) is 11.1 Å². The lowest BCUT2D eigenvalue weighted by Gasteiger charge is -2.08. The van der Waals surface area contributed by atoms with E-state index in [2.05, 4.69) is 41.5 Å². The lowest BCUT2D eigenvalue weighted by molar-refractivity contribution is 0.327. The van der Waals surface area contributed by atoms with Gasteiger partial charge in [-0.2, -0.15) is 0 Å². The average molecular weight is 256 g/mol. The van der Waals surface area contributed by atoms with Gasteiger partial charge in [0.1, 0.15) is 0 Å². The molecule has 1 aromatic heterocycles. The van der Waals surface area contributed by atoms with E-state index in [1.807, 2.05) is 19.1 Å². The molecule has 0 amide bonds. The quantitative estimate of drug-likeness (QED) is 0.856. The van der Waals surface area contributed by atoms with E-state index in [0.717, 1.165) is 18.7 Å². The van der Waals surface area contributed by atoms with Gasteiger partial charge in [0.25, 0.3) is 0 Å². The molecular formula is C16H20N2O. The van der Waals surface area contributed by atoms with Crippen molar-refractivity contribution in [3.63, 3.8) is 0 Å². The first kappa shape index (κ1) is 13.4. The van der Waals surface area contributed by atoms with Gasteiger partial charge >= 0.3 is 0 Å². The molecule has 0 saturated carbocycles. The molecule has 0 aliphatic heterocycles. The molecule has 1 aromatic carbocycles. The van der Waals surface area contributed by atoms with Gasteiger partial charge in [-0.05, 0) is 30.5 Å². The lowest BCUT2D eigenvalue weighted by Crippen LogP contribution is -2.00. The lowest BCUT2D eigenvalue weighted by atomic mass is 10.1. The highest BCUT2D eigenvalue weighted by molar-refractivity contribution is 5.42. The topological polar surface area (TPSA) is 34.1 Å². The van der Waals surface area contributed by atoms with Crippen LogP contribution in [0.1, 0.15) is 25.0 Å². The zero-order chi connectivity index (χ0) is 13.5. The van der Waals surface area contributed by atoms with Gasteiger partial charge in [-0.3, -0.25) is 0 Å². The van der Waals surface area contributed by atoms with Crippen LogP contribution in [0.5, 0.6) is 5.88 Å². The first-order chi connectivity index (χ1) is 9.31. The summed E-state index contributed by atoms with van der Waals surface area (Å²) in [6, 6.07) is 12.5. The Morgan fingerprint density at radius 3 is 2.32 bits per heavy atom. The van der Waals surface area contributed by atoms with Crippen LogP contribution >= 0.6 is 0 Å². The second kappa shape index (κ2) is 6.78. The fourth-order valence-corrected chi connectivity index (χ4v) is 1.82. The number of rotatable bonds is 6. The molecular weight excluding hydrogens is 236 g/mol. The van der Waals surface area contributed by atoms with Gasteiger partial charge in [-0.15, -0.1) is 0 Å². The fourth-order valence-electron chi connectivity index (χ4n) is 1.82. The SMILES string of the molecule is CCOc1ccc(NCc2ccc(CC)cc2)cn1. The summed E-state index contributed by atoms with van der Waals surface area (Å²) < 4.78 is 5.31.